The number of aromatic nitrogens is 1. The van der Waals surface area contributed by atoms with Gasteiger partial charge in [0.15, 0.2) is 5.78 Å². The first kappa shape index (κ1) is 16.7. The smallest absolute Gasteiger partial charge is 0.176 e. The van der Waals surface area contributed by atoms with Gasteiger partial charge in [-0.15, -0.1) is 11.8 Å². The van der Waals surface area contributed by atoms with Crippen molar-refractivity contribution in [3.05, 3.63) is 102 Å². The first-order chi connectivity index (χ1) is 12.7. The molecule has 1 aromatic heterocycles. The minimum absolute atomic E-state index is 0.124. The summed E-state index contributed by atoms with van der Waals surface area (Å²) < 4.78 is 13.3. The summed E-state index contributed by atoms with van der Waals surface area (Å²) in [5, 5.41) is -0.180. The van der Waals surface area contributed by atoms with E-state index in [1.54, 1.807) is 36.3 Å². The van der Waals surface area contributed by atoms with Gasteiger partial charge in [0, 0.05) is 22.9 Å². The number of hydrogen-bond donors (Lipinski definition) is 0. The number of thioether (sulfide) groups is 1. The maximum Gasteiger partial charge on any atom is 0.176 e. The Bertz CT molecular complexity index is 952. The third-order valence-corrected chi connectivity index (χ3v) is 5.79. The lowest BCUT2D eigenvalue weighted by Crippen LogP contribution is -2.14. The first-order valence-corrected chi connectivity index (χ1v) is 9.26. The summed E-state index contributed by atoms with van der Waals surface area (Å²) in [7, 11) is 0. The molecular formula is C22H16FNOS. The van der Waals surface area contributed by atoms with Crippen molar-refractivity contribution in [1.82, 2.24) is 4.98 Å². The van der Waals surface area contributed by atoms with Crippen LogP contribution in [-0.4, -0.2) is 16.0 Å². The van der Waals surface area contributed by atoms with E-state index < -0.39 is 0 Å². The average Bonchev–Trinajstić information content (AvgIpc) is 3.15. The Hall–Kier alpha value is -2.72. The van der Waals surface area contributed by atoms with Gasteiger partial charge in [-0.05, 0) is 47.4 Å². The number of carbonyl (C=O) groups excluding carboxylic acids is 1. The molecule has 3 aromatic rings. The SMILES string of the molecule is O=C(c1ccccc1)C1CC(c2ccncc2)=C(c2ccc(F)cc2)S1. The summed E-state index contributed by atoms with van der Waals surface area (Å²) in [4.78, 5) is 18.0. The van der Waals surface area contributed by atoms with Crippen LogP contribution in [0.25, 0.3) is 10.5 Å². The molecule has 26 heavy (non-hydrogen) atoms. The highest BCUT2D eigenvalue weighted by Crippen LogP contribution is 2.48. The number of carbonyl (C=O) groups is 1. The van der Waals surface area contributed by atoms with Gasteiger partial charge in [0.25, 0.3) is 0 Å². The molecule has 0 fully saturated rings. The van der Waals surface area contributed by atoms with Crippen LogP contribution in [0, 0.1) is 5.82 Å². The van der Waals surface area contributed by atoms with Crippen LogP contribution in [0.5, 0.6) is 0 Å². The number of Topliss-reactive ketones (excluding diaryl/α,β-unsaturated/α-hetero) is 1. The van der Waals surface area contributed by atoms with Crippen molar-refractivity contribution in [3.8, 4) is 0 Å². The van der Waals surface area contributed by atoms with Crippen LogP contribution >= 0.6 is 11.8 Å². The van der Waals surface area contributed by atoms with Gasteiger partial charge < -0.3 is 0 Å². The molecule has 2 heterocycles. The number of ketones is 1. The van der Waals surface area contributed by atoms with Crippen molar-refractivity contribution in [2.75, 3.05) is 0 Å². The zero-order valence-electron chi connectivity index (χ0n) is 13.9. The molecule has 1 atom stereocenters. The highest BCUT2D eigenvalue weighted by atomic mass is 32.2. The summed E-state index contributed by atoms with van der Waals surface area (Å²) >= 11 is 1.56. The molecule has 0 bridgehead atoms. The molecule has 1 aliphatic rings. The number of allylic oxidation sites excluding steroid dienone is 1. The summed E-state index contributed by atoms with van der Waals surface area (Å²) in [5.41, 5.74) is 3.82. The molecule has 0 radical (unpaired) electrons. The Morgan fingerprint density at radius 3 is 2.31 bits per heavy atom. The van der Waals surface area contributed by atoms with E-state index in [1.807, 2.05) is 42.5 Å². The standard InChI is InChI=1S/C22H16FNOS/c23-18-8-6-17(7-9-18)22-19(15-10-12-24-13-11-15)14-20(26-22)21(25)16-4-2-1-3-5-16/h1-13,20H,14H2. The van der Waals surface area contributed by atoms with Gasteiger partial charge in [0.05, 0.1) is 5.25 Å². The summed E-state index contributed by atoms with van der Waals surface area (Å²) in [6.07, 6.45) is 4.15. The van der Waals surface area contributed by atoms with Gasteiger partial charge in [-0.1, -0.05) is 42.5 Å². The number of hydrogen-bond acceptors (Lipinski definition) is 3. The predicted octanol–water partition coefficient (Wildman–Crippen LogP) is 5.48. The number of nitrogens with zero attached hydrogens (tertiary/aromatic N) is 1. The van der Waals surface area contributed by atoms with E-state index in [0.29, 0.717) is 6.42 Å². The molecule has 2 nitrogen and oxygen atoms in total. The Morgan fingerprint density at radius 2 is 1.62 bits per heavy atom. The monoisotopic (exact) mass is 361 g/mol. The molecule has 2 aromatic carbocycles. The van der Waals surface area contributed by atoms with E-state index in [1.165, 1.54) is 12.1 Å². The van der Waals surface area contributed by atoms with Gasteiger partial charge in [0.1, 0.15) is 5.82 Å². The van der Waals surface area contributed by atoms with E-state index in [0.717, 1.165) is 27.2 Å². The normalized spacial score (nSPS) is 16.7. The predicted molar refractivity (Wildman–Crippen MR) is 104 cm³/mol. The number of halogens is 1. The second-order valence-corrected chi connectivity index (χ2v) is 7.30. The van der Waals surface area contributed by atoms with Gasteiger partial charge in [-0.25, -0.2) is 4.39 Å². The number of rotatable bonds is 4. The van der Waals surface area contributed by atoms with E-state index in [4.69, 9.17) is 0 Å². The maximum atomic E-state index is 13.3. The molecule has 1 aliphatic heterocycles. The zero-order valence-corrected chi connectivity index (χ0v) is 14.7. The lowest BCUT2D eigenvalue weighted by Gasteiger charge is -2.09. The molecular weight excluding hydrogens is 345 g/mol. The molecule has 0 aliphatic carbocycles. The van der Waals surface area contributed by atoms with Crippen LogP contribution in [0.4, 0.5) is 4.39 Å². The molecule has 1 unspecified atom stereocenters. The summed E-state index contributed by atoms with van der Waals surface area (Å²) in [5.74, 6) is -0.140. The third kappa shape index (κ3) is 3.33. The van der Waals surface area contributed by atoms with Crippen LogP contribution in [-0.2, 0) is 0 Å². The molecule has 0 amide bonds. The van der Waals surface area contributed by atoms with Crippen molar-refractivity contribution < 1.29 is 9.18 Å². The van der Waals surface area contributed by atoms with E-state index in [2.05, 4.69) is 4.98 Å². The van der Waals surface area contributed by atoms with E-state index >= 15 is 0 Å². The second-order valence-electron chi connectivity index (χ2n) is 6.09. The van der Waals surface area contributed by atoms with Gasteiger partial charge in [-0.2, -0.15) is 0 Å². The molecule has 0 saturated heterocycles. The molecule has 0 N–H and O–H groups in total. The fourth-order valence-corrected chi connectivity index (χ4v) is 4.51. The van der Waals surface area contributed by atoms with Crippen molar-refractivity contribution in [1.29, 1.82) is 0 Å². The fourth-order valence-electron chi connectivity index (χ4n) is 3.11. The minimum atomic E-state index is -0.264. The van der Waals surface area contributed by atoms with Crippen molar-refractivity contribution in [3.63, 3.8) is 0 Å². The Morgan fingerprint density at radius 1 is 0.923 bits per heavy atom. The highest BCUT2D eigenvalue weighted by molar-refractivity contribution is 8.10. The topological polar surface area (TPSA) is 30.0 Å². The second kappa shape index (κ2) is 7.26. The fraction of sp³-hybridized carbons (Fsp3) is 0.0909. The van der Waals surface area contributed by atoms with E-state index in [-0.39, 0.29) is 16.9 Å². The number of pyridine rings is 1. The average molecular weight is 361 g/mol. The molecule has 0 saturated carbocycles. The van der Waals surface area contributed by atoms with Crippen LogP contribution < -0.4 is 0 Å². The largest absolute Gasteiger partial charge is 0.293 e. The van der Waals surface area contributed by atoms with Crippen LogP contribution in [0.2, 0.25) is 0 Å². The lowest BCUT2D eigenvalue weighted by molar-refractivity contribution is 0.0991. The zero-order chi connectivity index (χ0) is 17.9. The number of benzene rings is 2. The quantitative estimate of drug-likeness (QED) is 0.577. The highest BCUT2D eigenvalue weighted by Gasteiger charge is 2.32. The van der Waals surface area contributed by atoms with Crippen LogP contribution in [0.15, 0.2) is 79.1 Å². The van der Waals surface area contributed by atoms with Crippen molar-refractivity contribution in [2.45, 2.75) is 11.7 Å². The van der Waals surface area contributed by atoms with Crippen molar-refractivity contribution >= 4 is 28.0 Å². The molecule has 4 heteroatoms. The summed E-state index contributed by atoms with van der Waals surface area (Å²) in [6.45, 7) is 0. The Kier molecular flexibility index (Phi) is 4.67. The van der Waals surface area contributed by atoms with Crippen molar-refractivity contribution in [2.24, 2.45) is 0 Å². The van der Waals surface area contributed by atoms with Gasteiger partial charge >= 0.3 is 0 Å². The minimum Gasteiger partial charge on any atom is -0.293 e. The van der Waals surface area contributed by atoms with Crippen LogP contribution in [0.3, 0.4) is 0 Å². The first-order valence-electron chi connectivity index (χ1n) is 8.38. The van der Waals surface area contributed by atoms with Gasteiger partial charge in [0.2, 0.25) is 0 Å². The Balaban J connectivity index is 1.71. The molecule has 0 spiro atoms. The summed E-state index contributed by atoms with van der Waals surface area (Å²) in [6, 6.07) is 19.7. The van der Waals surface area contributed by atoms with E-state index in [9.17, 15) is 9.18 Å². The van der Waals surface area contributed by atoms with Gasteiger partial charge in [-0.3, -0.25) is 9.78 Å². The maximum absolute atomic E-state index is 13.3. The Labute approximate surface area is 155 Å². The molecule has 128 valence electrons. The lowest BCUT2D eigenvalue weighted by atomic mass is 9.96. The molecule has 4 rings (SSSR count). The third-order valence-electron chi connectivity index (χ3n) is 4.41. The van der Waals surface area contributed by atoms with Crippen LogP contribution in [0.1, 0.15) is 27.9 Å².